The molecule has 2 unspecified atom stereocenters. The summed E-state index contributed by atoms with van der Waals surface area (Å²) in [6.07, 6.45) is -0.296. The molecule has 2 aromatic carbocycles. The van der Waals surface area contributed by atoms with Crippen LogP contribution < -0.4 is 9.47 Å². The van der Waals surface area contributed by atoms with Crippen molar-refractivity contribution in [2.45, 2.75) is 18.3 Å². The Morgan fingerprint density at radius 1 is 0.840 bits per heavy atom. The average Bonchev–Trinajstić information content (AvgIpc) is 2.61. The van der Waals surface area contributed by atoms with E-state index in [0.29, 0.717) is 22.6 Å². The Morgan fingerprint density at radius 2 is 1.28 bits per heavy atom. The molecule has 6 heteroatoms. The zero-order chi connectivity index (χ0) is 18.4. The second kappa shape index (κ2) is 8.19. The van der Waals surface area contributed by atoms with E-state index in [9.17, 15) is 19.8 Å². The third-order valence-corrected chi connectivity index (χ3v) is 4.08. The van der Waals surface area contributed by atoms with Gasteiger partial charge in [0.2, 0.25) is 0 Å². The summed E-state index contributed by atoms with van der Waals surface area (Å²) in [4.78, 5) is 23.3. The van der Waals surface area contributed by atoms with Crippen LogP contribution in [0.2, 0.25) is 0 Å². The van der Waals surface area contributed by atoms with Crippen molar-refractivity contribution < 1.29 is 29.3 Å². The molecule has 6 nitrogen and oxygen atoms in total. The van der Waals surface area contributed by atoms with Crippen LogP contribution >= 0.6 is 0 Å². The van der Waals surface area contributed by atoms with Gasteiger partial charge in [0.05, 0.1) is 26.6 Å². The summed E-state index contributed by atoms with van der Waals surface area (Å²) in [5.74, 6) is -2.61. The van der Waals surface area contributed by atoms with Gasteiger partial charge in [0.15, 0.2) is 0 Å². The van der Waals surface area contributed by atoms with Gasteiger partial charge in [-0.2, -0.15) is 0 Å². The standard InChI is InChI=1S/C19H20O6/c1-24-14-7-3-12(4-8-14)16(11-17(20)21)18(19(22)23)13-5-9-15(25-2)10-6-13/h3-10,16,18H,11H2,1-2H3,(H,20,21)(H,22,23). The van der Waals surface area contributed by atoms with Crippen LogP contribution in [0.1, 0.15) is 29.4 Å². The molecule has 2 N–H and O–H groups in total. The lowest BCUT2D eigenvalue weighted by molar-refractivity contribution is -0.140. The number of carbonyl (C=O) groups is 2. The average molecular weight is 344 g/mol. The van der Waals surface area contributed by atoms with Crippen molar-refractivity contribution in [2.75, 3.05) is 14.2 Å². The highest BCUT2D eigenvalue weighted by Gasteiger charge is 2.32. The van der Waals surface area contributed by atoms with E-state index in [1.54, 1.807) is 48.5 Å². The molecule has 0 aliphatic heterocycles. The van der Waals surface area contributed by atoms with Crippen LogP contribution in [-0.4, -0.2) is 36.4 Å². The molecule has 0 fully saturated rings. The fourth-order valence-electron chi connectivity index (χ4n) is 2.83. The van der Waals surface area contributed by atoms with Crippen LogP contribution in [0.15, 0.2) is 48.5 Å². The summed E-state index contributed by atoms with van der Waals surface area (Å²) in [6, 6.07) is 13.4. The number of carboxylic acid groups (broad SMARTS) is 2. The first-order valence-corrected chi connectivity index (χ1v) is 7.68. The maximum absolute atomic E-state index is 11.9. The fraction of sp³-hybridized carbons (Fsp3) is 0.263. The van der Waals surface area contributed by atoms with Crippen LogP contribution in [0.4, 0.5) is 0 Å². The van der Waals surface area contributed by atoms with Gasteiger partial charge in [-0.05, 0) is 35.4 Å². The van der Waals surface area contributed by atoms with Crippen LogP contribution in [0.25, 0.3) is 0 Å². The zero-order valence-corrected chi connectivity index (χ0v) is 14.0. The molecule has 0 saturated heterocycles. The number of aliphatic carboxylic acids is 2. The van der Waals surface area contributed by atoms with Gasteiger partial charge >= 0.3 is 11.9 Å². The van der Waals surface area contributed by atoms with E-state index >= 15 is 0 Å². The molecule has 2 atom stereocenters. The molecular weight excluding hydrogens is 324 g/mol. The number of hydrogen-bond acceptors (Lipinski definition) is 4. The molecule has 25 heavy (non-hydrogen) atoms. The van der Waals surface area contributed by atoms with Crippen molar-refractivity contribution in [1.29, 1.82) is 0 Å². The summed E-state index contributed by atoms with van der Waals surface area (Å²) < 4.78 is 10.2. The van der Waals surface area contributed by atoms with Crippen molar-refractivity contribution in [2.24, 2.45) is 0 Å². The van der Waals surface area contributed by atoms with E-state index in [1.165, 1.54) is 14.2 Å². The predicted molar refractivity (Wildman–Crippen MR) is 91.4 cm³/mol. The van der Waals surface area contributed by atoms with Crippen molar-refractivity contribution in [1.82, 2.24) is 0 Å². The molecule has 2 rings (SSSR count). The van der Waals surface area contributed by atoms with E-state index < -0.39 is 23.8 Å². The van der Waals surface area contributed by atoms with Crippen molar-refractivity contribution in [3.05, 3.63) is 59.7 Å². The monoisotopic (exact) mass is 344 g/mol. The van der Waals surface area contributed by atoms with Crippen LogP contribution in [0.5, 0.6) is 11.5 Å². The van der Waals surface area contributed by atoms with Crippen LogP contribution in [0.3, 0.4) is 0 Å². The zero-order valence-electron chi connectivity index (χ0n) is 14.0. The minimum atomic E-state index is -1.08. The van der Waals surface area contributed by atoms with Crippen molar-refractivity contribution in [3.63, 3.8) is 0 Å². The van der Waals surface area contributed by atoms with E-state index in [2.05, 4.69) is 0 Å². The van der Waals surface area contributed by atoms with Gasteiger partial charge in [0, 0.05) is 5.92 Å². The summed E-state index contributed by atoms with van der Waals surface area (Å²) in [5.41, 5.74) is 1.15. The molecule has 0 spiro atoms. The lowest BCUT2D eigenvalue weighted by atomic mass is 9.79. The Morgan fingerprint density at radius 3 is 1.64 bits per heavy atom. The first-order chi connectivity index (χ1) is 12.0. The Balaban J connectivity index is 2.45. The normalized spacial score (nSPS) is 12.9. The smallest absolute Gasteiger partial charge is 0.311 e. The molecule has 2 aromatic rings. The Kier molecular flexibility index (Phi) is 6.00. The Bertz CT molecular complexity index is 721. The topological polar surface area (TPSA) is 93.1 Å². The molecule has 132 valence electrons. The molecule has 0 bridgehead atoms. The lowest BCUT2D eigenvalue weighted by Gasteiger charge is -2.24. The number of ether oxygens (including phenoxy) is 2. The predicted octanol–water partition coefficient (Wildman–Crippen LogP) is 3.13. The van der Waals surface area contributed by atoms with Gasteiger partial charge in [-0.3, -0.25) is 9.59 Å². The number of carboxylic acids is 2. The maximum Gasteiger partial charge on any atom is 0.311 e. The number of hydrogen-bond donors (Lipinski definition) is 2. The molecular formula is C19H20O6. The second-order valence-corrected chi connectivity index (χ2v) is 5.57. The quantitative estimate of drug-likeness (QED) is 0.764. The number of rotatable bonds is 8. The first-order valence-electron chi connectivity index (χ1n) is 7.68. The molecule has 0 aromatic heterocycles. The summed E-state index contributed by atoms with van der Waals surface area (Å²) in [5, 5.41) is 19.0. The highest BCUT2D eigenvalue weighted by atomic mass is 16.5. The molecule has 0 aliphatic carbocycles. The SMILES string of the molecule is COc1ccc(C(CC(=O)O)C(C(=O)O)c2ccc(OC)cc2)cc1. The first kappa shape index (κ1) is 18.3. The molecule has 0 saturated carbocycles. The number of benzene rings is 2. The molecule has 0 heterocycles. The van der Waals surface area contributed by atoms with Crippen molar-refractivity contribution in [3.8, 4) is 11.5 Å². The molecule has 0 aliphatic rings. The van der Waals surface area contributed by atoms with Gasteiger partial charge in [0.1, 0.15) is 11.5 Å². The minimum absolute atomic E-state index is 0.296. The van der Waals surface area contributed by atoms with Gasteiger partial charge < -0.3 is 19.7 Å². The van der Waals surface area contributed by atoms with E-state index in [1.807, 2.05) is 0 Å². The van der Waals surface area contributed by atoms with Crippen molar-refractivity contribution >= 4 is 11.9 Å². The van der Waals surface area contributed by atoms with Crippen LogP contribution in [0, 0.1) is 0 Å². The van der Waals surface area contributed by atoms with Gasteiger partial charge in [-0.1, -0.05) is 24.3 Å². The number of methoxy groups -OCH3 is 2. The van der Waals surface area contributed by atoms with Crippen LogP contribution in [-0.2, 0) is 9.59 Å². The largest absolute Gasteiger partial charge is 0.497 e. The second-order valence-electron chi connectivity index (χ2n) is 5.57. The maximum atomic E-state index is 11.9. The fourth-order valence-corrected chi connectivity index (χ4v) is 2.83. The van der Waals surface area contributed by atoms with Gasteiger partial charge in [-0.15, -0.1) is 0 Å². The van der Waals surface area contributed by atoms with E-state index in [0.717, 1.165) is 0 Å². The summed E-state index contributed by atoms with van der Waals surface area (Å²) >= 11 is 0. The summed E-state index contributed by atoms with van der Waals surface area (Å²) in [7, 11) is 3.05. The van der Waals surface area contributed by atoms with Gasteiger partial charge in [-0.25, -0.2) is 0 Å². The highest BCUT2D eigenvalue weighted by Crippen LogP contribution is 2.37. The third kappa shape index (κ3) is 4.50. The van der Waals surface area contributed by atoms with E-state index in [4.69, 9.17) is 9.47 Å². The Labute approximate surface area is 145 Å². The van der Waals surface area contributed by atoms with Gasteiger partial charge in [0.25, 0.3) is 0 Å². The highest BCUT2D eigenvalue weighted by molar-refractivity contribution is 5.79. The minimum Gasteiger partial charge on any atom is -0.497 e. The Hall–Kier alpha value is -3.02. The van der Waals surface area contributed by atoms with E-state index in [-0.39, 0.29) is 6.42 Å². The molecule has 0 amide bonds. The molecule has 0 radical (unpaired) electrons. The lowest BCUT2D eigenvalue weighted by Crippen LogP contribution is -2.22. The summed E-state index contributed by atoms with van der Waals surface area (Å²) in [6.45, 7) is 0. The third-order valence-electron chi connectivity index (χ3n) is 4.08.